The van der Waals surface area contributed by atoms with Crippen molar-refractivity contribution in [3.63, 3.8) is 0 Å². The average Bonchev–Trinajstić information content (AvgIpc) is 2.96. The van der Waals surface area contributed by atoms with Gasteiger partial charge in [0.15, 0.2) is 0 Å². The number of nitrogens with one attached hydrogen (secondary N) is 2. The monoisotopic (exact) mass is 571 g/mol. The molecule has 0 heterocycles. The highest BCUT2D eigenvalue weighted by Crippen LogP contribution is 2.21. The third kappa shape index (κ3) is 8.05. The number of carboxylic acid groups (broad SMARTS) is 1. The largest absolute Gasteiger partial charge is 0.496 e. The Balaban J connectivity index is 1.86. The van der Waals surface area contributed by atoms with Gasteiger partial charge in [0.2, 0.25) is 11.8 Å². The van der Waals surface area contributed by atoms with Crippen molar-refractivity contribution in [1.82, 2.24) is 10.6 Å². The fourth-order valence-electron chi connectivity index (χ4n) is 4.57. The molecule has 3 rings (SSSR count). The molecule has 2 amide bonds. The maximum atomic E-state index is 13.6. The van der Waals surface area contributed by atoms with Gasteiger partial charge in [0.25, 0.3) is 0 Å². The molecule has 0 aliphatic rings. The zero-order chi connectivity index (χ0) is 31.0. The summed E-state index contributed by atoms with van der Waals surface area (Å²) in [4.78, 5) is 41.4. The van der Waals surface area contributed by atoms with Crippen molar-refractivity contribution in [2.24, 2.45) is 16.5 Å². The van der Waals surface area contributed by atoms with Crippen molar-refractivity contribution in [2.45, 2.75) is 45.8 Å². The summed E-state index contributed by atoms with van der Waals surface area (Å²) in [5.74, 6) is -1.52. The van der Waals surface area contributed by atoms with E-state index >= 15 is 0 Å². The Morgan fingerprint density at radius 1 is 1.00 bits per heavy atom. The third-order valence-electron chi connectivity index (χ3n) is 6.93. The summed E-state index contributed by atoms with van der Waals surface area (Å²) in [7, 11) is 1.39. The minimum atomic E-state index is -1.13. The fraction of sp³-hybridized carbons (Fsp3) is 0.250. The number of aryl methyl sites for hydroxylation is 2. The molecule has 0 aliphatic heterocycles. The first kappa shape index (κ1) is 31.6. The van der Waals surface area contributed by atoms with Gasteiger partial charge in [0.1, 0.15) is 17.1 Å². The summed E-state index contributed by atoms with van der Waals surface area (Å²) in [6.45, 7) is 9.61. The van der Waals surface area contributed by atoms with Gasteiger partial charge < -0.3 is 26.6 Å². The predicted octanol–water partition coefficient (Wildman–Crippen LogP) is 3.34. The molecule has 42 heavy (non-hydrogen) atoms. The van der Waals surface area contributed by atoms with Gasteiger partial charge in [-0.05, 0) is 79.3 Å². The van der Waals surface area contributed by atoms with E-state index in [2.05, 4.69) is 22.2 Å². The van der Waals surface area contributed by atoms with Crippen LogP contribution in [0.5, 0.6) is 5.75 Å². The molecule has 0 bridgehead atoms. The number of amides is 2. The van der Waals surface area contributed by atoms with Gasteiger partial charge in [-0.25, -0.2) is 9.79 Å². The van der Waals surface area contributed by atoms with Gasteiger partial charge in [-0.3, -0.25) is 14.9 Å². The predicted molar refractivity (Wildman–Crippen MR) is 163 cm³/mol. The number of nitrogens with two attached hydrogens (primary N) is 2. The number of primary amides is 1. The van der Waals surface area contributed by atoms with Crippen LogP contribution in [0.2, 0.25) is 0 Å². The molecule has 0 radical (unpaired) electrons. The lowest BCUT2D eigenvalue weighted by Gasteiger charge is -2.25. The second-order valence-corrected chi connectivity index (χ2v) is 10.0. The number of methoxy groups -OCH3 is 1. The SMILES string of the molecule is C=C(/N=C(\N)[C@H](C)N[C@@H](Cc1c(C)cc(C(N)=O)cc1C)C(=O)NCc1ccc(OC)c(C(=O)O)c1)c1ccccc1. The summed E-state index contributed by atoms with van der Waals surface area (Å²) >= 11 is 0. The number of carboxylic acids is 1. The lowest BCUT2D eigenvalue weighted by atomic mass is 9.93. The molecular weight excluding hydrogens is 534 g/mol. The first-order chi connectivity index (χ1) is 19.9. The number of carbonyl (C=O) groups excluding carboxylic acids is 2. The summed E-state index contributed by atoms with van der Waals surface area (Å²) in [5, 5.41) is 15.7. The maximum absolute atomic E-state index is 13.6. The van der Waals surface area contributed by atoms with Crippen molar-refractivity contribution >= 4 is 29.3 Å². The summed E-state index contributed by atoms with van der Waals surface area (Å²) in [5.41, 5.74) is 16.6. The third-order valence-corrected chi connectivity index (χ3v) is 6.93. The molecule has 10 nitrogen and oxygen atoms in total. The highest BCUT2D eigenvalue weighted by molar-refractivity contribution is 5.94. The van der Waals surface area contributed by atoms with Crippen LogP contribution in [-0.4, -0.2) is 47.9 Å². The molecule has 220 valence electrons. The number of nitrogens with zero attached hydrogens (tertiary/aromatic N) is 1. The fourth-order valence-corrected chi connectivity index (χ4v) is 4.57. The first-order valence-electron chi connectivity index (χ1n) is 13.3. The van der Waals surface area contributed by atoms with Crippen molar-refractivity contribution < 1.29 is 24.2 Å². The number of aliphatic imine (C=N–C) groups is 1. The minimum Gasteiger partial charge on any atom is -0.496 e. The molecule has 0 spiro atoms. The number of carbonyl (C=O) groups is 3. The van der Waals surface area contributed by atoms with Crippen LogP contribution in [0.15, 0.2) is 72.2 Å². The lowest BCUT2D eigenvalue weighted by molar-refractivity contribution is -0.123. The van der Waals surface area contributed by atoms with E-state index in [1.807, 2.05) is 44.2 Å². The summed E-state index contributed by atoms with van der Waals surface area (Å²) in [6, 6.07) is 16.2. The highest BCUT2D eigenvalue weighted by atomic mass is 16.5. The molecule has 0 unspecified atom stereocenters. The molecule has 0 saturated carbocycles. The normalized spacial score (nSPS) is 12.7. The highest BCUT2D eigenvalue weighted by Gasteiger charge is 2.24. The Morgan fingerprint density at radius 2 is 1.64 bits per heavy atom. The van der Waals surface area contributed by atoms with E-state index in [1.165, 1.54) is 13.2 Å². The van der Waals surface area contributed by atoms with Crippen LogP contribution >= 0.6 is 0 Å². The molecule has 0 fully saturated rings. The topological polar surface area (TPSA) is 169 Å². The zero-order valence-electron chi connectivity index (χ0n) is 24.2. The molecular formula is C32H37N5O5. The first-order valence-corrected chi connectivity index (χ1v) is 13.3. The van der Waals surface area contributed by atoms with Crippen molar-refractivity contribution in [2.75, 3.05) is 7.11 Å². The van der Waals surface area contributed by atoms with Crippen LogP contribution in [0.1, 0.15) is 55.5 Å². The van der Waals surface area contributed by atoms with Crippen molar-refractivity contribution in [3.05, 3.63) is 106 Å². The number of aromatic carboxylic acids is 1. The molecule has 0 saturated heterocycles. The molecule has 3 aromatic rings. The van der Waals surface area contributed by atoms with E-state index in [4.69, 9.17) is 16.2 Å². The number of hydrogen-bond acceptors (Lipinski definition) is 6. The van der Waals surface area contributed by atoms with Crippen LogP contribution in [0.25, 0.3) is 5.70 Å². The van der Waals surface area contributed by atoms with E-state index in [0.29, 0.717) is 16.8 Å². The molecule has 10 heteroatoms. The van der Waals surface area contributed by atoms with E-state index in [-0.39, 0.29) is 36.0 Å². The van der Waals surface area contributed by atoms with Gasteiger partial charge in [0.05, 0.1) is 24.9 Å². The van der Waals surface area contributed by atoms with Crippen LogP contribution < -0.4 is 26.8 Å². The Bertz CT molecular complexity index is 1490. The van der Waals surface area contributed by atoms with Crippen molar-refractivity contribution in [1.29, 1.82) is 0 Å². The Morgan fingerprint density at radius 3 is 2.21 bits per heavy atom. The van der Waals surface area contributed by atoms with Crippen LogP contribution in [-0.2, 0) is 17.8 Å². The Kier molecular flexibility index (Phi) is 10.6. The van der Waals surface area contributed by atoms with Crippen LogP contribution in [0, 0.1) is 13.8 Å². The number of hydrogen-bond donors (Lipinski definition) is 5. The van der Waals surface area contributed by atoms with Gasteiger partial charge in [-0.1, -0.05) is 43.0 Å². The van der Waals surface area contributed by atoms with Gasteiger partial charge in [-0.15, -0.1) is 0 Å². The maximum Gasteiger partial charge on any atom is 0.339 e. The standard InChI is InChI=1S/C32H37N5O5/c1-18-13-24(30(34)38)14-19(2)25(18)16-27(36-21(4)29(33)37-20(3)23-9-7-6-8-10-23)31(39)35-17-22-11-12-28(42-5)26(15-22)32(40)41/h6-15,21,27,36H,3,16-17H2,1-2,4-5H3,(H2,33,37)(H2,34,38)(H,35,39)(H,40,41)/t21-,27-/m0/s1. The average molecular weight is 572 g/mol. The van der Waals surface area contributed by atoms with E-state index in [0.717, 1.165) is 22.3 Å². The quantitative estimate of drug-likeness (QED) is 0.155. The number of benzene rings is 3. The summed E-state index contributed by atoms with van der Waals surface area (Å²) < 4.78 is 5.12. The van der Waals surface area contributed by atoms with Crippen LogP contribution in [0.3, 0.4) is 0 Å². The second-order valence-electron chi connectivity index (χ2n) is 10.0. The number of rotatable bonds is 13. The molecule has 2 atom stereocenters. The van der Waals surface area contributed by atoms with Crippen molar-refractivity contribution in [3.8, 4) is 5.75 Å². The molecule has 3 aromatic carbocycles. The van der Waals surface area contributed by atoms with Gasteiger partial charge >= 0.3 is 5.97 Å². The van der Waals surface area contributed by atoms with Crippen LogP contribution in [0.4, 0.5) is 0 Å². The van der Waals surface area contributed by atoms with E-state index in [9.17, 15) is 19.5 Å². The summed E-state index contributed by atoms with van der Waals surface area (Å²) in [6.07, 6.45) is 0.281. The van der Waals surface area contributed by atoms with E-state index in [1.54, 1.807) is 31.2 Å². The lowest BCUT2D eigenvalue weighted by Crippen LogP contribution is -2.52. The minimum absolute atomic E-state index is 0.00373. The molecule has 0 aliphatic carbocycles. The number of amidine groups is 1. The smallest absolute Gasteiger partial charge is 0.339 e. The number of ether oxygens (including phenoxy) is 1. The second kappa shape index (κ2) is 14.1. The Hall–Kier alpha value is -4.96. The Labute approximate surface area is 245 Å². The van der Waals surface area contributed by atoms with Gasteiger partial charge in [0, 0.05) is 12.1 Å². The molecule has 7 N–H and O–H groups in total. The zero-order valence-corrected chi connectivity index (χ0v) is 24.2. The van der Waals surface area contributed by atoms with E-state index < -0.39 is 24.0 Å². The molecule has 0 aromatic heterocycles. The van der Waals surface area contributed by atoms with Gasteiger partial charge in [-0.2, -0.15) is 0 Å².